The molecule has 0 saturated carbocycles. The maximum atomic E-state index is 12.1. The predicted molar refractivity (Wildman–Crippen MR) is 81.1 cm³/mol. The van der Waals surface area contributed by atoms with Crippen molar-refractivity contribution in [1.82, 2.24) is 5.32 Å². The second kappa shape index (κ2) is 7.29. The normalized spacial score (nSPS) is 15.1. The third-order valence-electron chi connectivity index (χ3n) is 3.78. The summed E-state index contributed by atoms with van der Waals surface area (Å²) in [7, 11) is 0. The van der Waals surface area contributed by atoms with Crippen molar-refractivity contribution in [3.05, 3.63) is 29.3 Å². The molecule has 1 amide bonds. The van der Waals surface area contributed by atoms with Gasteiger partial charge in [-0.05, 0) is 55.4 Å². The molecule has 1 unspecified atom stereocenters. The summed E-state index contributed by atoms with van der Waals surface area (Å²) in [5.74, 6) is 0.303. The smallest absolute Gasteiger partial charge is 0.251 e. The van der Waals surface area contributed by atoms with E-state index in [1.807, 2.05) is 25.1 Å². The SMILES string of the molecule is CC(CO)CCCNC(=O)c1ccc2c(c1)CCCN2. The average Bonchev–Trinajstić information content (AvgIpc) is 2.50. The van der Waals surface area contributed by atoms with E-state index in [4.69, 9.17) is 5.11 Å². The maximum absolute atomic E-state index is 12.1. The molecule has 0 radical (unpaired) electrons. The van der Waals surface area contributed by atoms with Crippen LogP contribution >= 0.6 is 0 Å². The third-order valence-corrected chi connectivity index (χ3v) is 3.78. The highest BCUT2D eigenvalue weighted by Gasteiger charge is 2.12. The second-order valence-corrected chi connectivity index (χ2v) is 5.59. The lowest BCUT2D eigenvalue weighted by Gasteiger charge is -2.18. The molecule has 1 aromatic rings. The highest BCUT2D eigenvalue weighted by atomic mass is 16.3. The lowest BCUT2D eigenvalue weighted by atomic mass is 10.0. The van der Waals surface area contributed by atoms with Gasteiger partial charge in [-0.2, -0.15) is 0 Å². The molecule has 1 heterocycles. The number of nitrogens with one attached hydrogen (secondary N) is 2. The van der Waals surface area contributed by atoms with Crippen molar-refractivity contribution in [2.24, 2.45) is 5.92 Å². The minimum Gasteiger partial charge on any atom is -0.396 e. The molecule has 110 valence electrons. The van der Waals surface area contributed by atoms with Crippen LogP contribution in [0.25, 0.3) is 0 Å². The summed E-state index contributed by atoms with van der Waals surface area (Å²) in [6.07, 6.45) is 4.00. The number of amides is 1. The minimum atomic E-state index is -0.00461. The first-order chi connectivity index (χ1) is 9.70. The largest absolute Gasteiger partial charge is 0.396 e. The topological polar surface area (TPSA) is 61.4 Å². The maximum Gasteiger partial charge on any atom is 0.251 e. The first-order valence-corrected chi connectivity index (χ1v) is 7.46. The van der Waals surface area contributed by atoms with Crippen molar-refractivity contribution in [1.29, 1.82) is 0 Å². The number of aliphatic hydroxyl groups is 1. The van der Waals surface area contributed by atoms with Crippen LogP contribution in [0.15, 0.2) is 18.2 Å². The number of fused-ring (bicyclic) bond motifs is 1. The summed E-state index contributed by atoms with van der Waals surface area (Å²) in [6, 6.07) is 5.87. The van der Waals surface area contributed by atoms with Gasteiger partial charge in [0, 0.05) is 30.9 Å². The number of aryl methyl sites for hydroxylation is 1. The summed E-state index contributed by atoms with van der Waals surface area (Å²) in [5, 5.41) is 15.2. The molecule has 2 rings (SSSR count). The van der Waals surface area contributed by atoms with Crippen LogP contribution in [-0.2, 0) is 6.42 Å². The van der Waals surface area contributed by atoms with Crippen LogP contribution in [0.4, 0.5) is 5.69 Å². The first-order valence-electron chi connectivity index (χ1n) is 7.46. The molecule has 20 heavy (non-hydrogen) atoms. The van der Waals surface area contributed by atoms with Gasteiger partial charge < -0.3 is 15.7 Å². The summed E-state index contributed by atoms with van der Waals surface area (Å²) in [4.78, 5) is 12.1. The molecular weight excluding hydrogens is 252 g/mol. The number of anilines is 1. The summed E-state index contributed by atoms with van der Waals surface area (Å²) >= 11 is 0. The lowest BCUT2D eigenvalue weighted by molar-refractivity contribution is 0.0952. The van der Waals surface area contributed by atoms with Gasteiger partial charge in [-0.25, -0.2) is 0 Å². The van der Waals surface area contributed by atoms with Crippen molar-refractivity contribution in [2.75, 3.05) is 25.0 Å². The molecule has 1 aliphatic rings. The number of carbonyl (C=O) groups excluding carboxylic acids is 1. The Morgan fingerprint density at radius 2 is 2.35 bits per heavy atom. The molecule has 0 bridgehead atoms. The Morgan fingerprint density at radius 3 is 3.15 bits per heavy atom. The van der Waals surface area contributed by atoms with E-state index in [0.29, 0.717) is 12.5 Å². The number of hydrogen-bond donors (Lipinski definition) is 3. The molecule has 0 aromatic heterocycles. The van der Waals surface area contributed by atoms with Crippen LogP contribution in [0, 0.1) is 5.92 Å². The van der Waals surface area contributed by atoms with Crippen LogP contribution in [0.1, 0.15) is 42.1 Å². The van der Waals surface area contributed by atoms with E-state index in [0.717, 1.165) is 43.5 Å². The quantitative estimate of drug-likeness (QED) is 0.698. The van der Waals surface area contributed by atoms with E-state index in [1.165, 1.54) is 5.56 Å². The lowest BCUT2D eigenvalue weighted by Crippen LogP contribution is -2.25. The number of hydrogen-bond acceptors (Lipinski definition) is 3. The van der Waals surface area contributed by atoms with Crippen molar-refractivity contribution < 1.29 is 9.90 Å². The van der Waals surface area contributed by atoms with Gasteiger partial charge in [0.1, 0.15) is 0 Å². The van der Waals surface area contributed by atoms with Gasteiger partial charge in [0.05, 0.1) is 0 Å². The van der Waals surface area contributed by atoms with Gasteiger partial charge in [0.2, 0.25) is 0 Å². The highest BCUT2D eigenvalue weighted by Crippen LogP contribution is 2.22. The van der Waals surface area contributed by atoms with Gasteiger partial charge in [-0.1, -0.05) is 6.92 Å². The van der Waals surface area contributed by atoms with Crippen molar-refractivity contribution in [3.8, 4) is 0 Å². The Morgan fingerprint density at radius 1 is 1.50 bits per heavy atom. The fourth-order valence-corrected chi connectivity index (χ4v) is 2.46. The molecule has 1 atom stereocenters. The van der Waals surface area contributed by atoms with Crippen LogP contribution < -0.4 is 10.6 Å². The Kier molecular flexibility index (Phi) is 5.41. The summed E-state index contributed by atoms with van der Waals surface area (Å²) in [6.45, 7) is 3.91. The average molecular weight is 276 g/mol. The van der Waals surface area contributed by atoms with Gasteiger partial charge >= 0.3 is 0 Å². The van der Waals surface area contributed by atoms with Gasteiger partial charge in [-0.3, -0.25) is 4.79 Å². The van der Waals surface area contributed by atoms with Crippen LogP contribution in [0.2, 0.25) is 0 Å². The molecule has 1 aromatic carbocycles. The standard InChI is InChI=1S/C16H24N2O2/c1-12(11-19)4-2-9-18-16(20)14-6-7-15-13(10-14)5-3-8-17-15/h6-7,10,12,17,19H,2-5,8-9,11H2,1H3,(H,18,20). The van der Waals surface area contributed by atoms with Crippen molar-refractivity contribution >= 4 is 11.6 Å². The third kappa shape index (κ3) is 3.97. The van der Waals surface area contributed by atoms with Crippen LogP contribution in [0.5, 0.6) is 0 Å². The number of rotatable bonds is 6. The Bertz CT molecular complexity index is 460. The van der Waals surface area contributed by atoms with E-state index in [1.54, 1.807) is 0 Å². The van der Waals surface area contributed by atoms with E-state index >= 15 is 0 Å². The van der Waals surface area contributed by atoms with Crippen molar-refractivity contribution in [2.45, 2.75) is 32.6 Å². The first kappa shape index (κ1) is 14.9. The molecule has 0 aliphatic carbocycles. The monoisotopic (exact) mass is 276 g/mol. The fraction of sp³-hybridized carbons (Fsp3) is 0.562. The molecule has 1 aliphatic heterocycles. The number of benzene rings is 1. The Labute approximate surface area is 120 Å². The van der Waals surface area contributed by atoms with Gasteiger partial charge in [-0.15, -0.1) is 0 Å². The van der Waals surface area contributed by atoms with Gasteiger partial charge in [0.25, 0.3) is 5.91 Å². The Hall–Kier alpha value is -1.55. The van der Waals surface area contributed by atoms with E-state index < -0.39 is 0 Å². The zero-order valence-corrected chi connectivity index (χ0v) is 12.1. The van der Waals surface area contributed by atoms with Crippen molar-refractivity contribution in [3.63, 3.8) is 0 Å². The zero-order chi connectivity index (χ0) is 14.4. The molecule has 4 heteroatoms. The molecular formula is C16H24N2O2. The zero-order valence-electron chi connectivity index (χ0n) is 12.1. The Balaban J connectivity index is 1.83. The molecule has 3 N–H and O–H groups in total. The van der Waals surface area contributed by atoms with Crippen LogP contribution in [-0.4, -0.2) is 30.7 Å². The predicted octanol–water partition coefficient (Wildman–Crippen LogP) is 2.18. The molecule has 0 fully saturated rings. The highest BCUT2D eigenvalue weighted by molar-refractivity contribution is 5.94. The fourth-order valence-electron chi connectivity index (χ4n) is 2.46. The second-order valence-electron chi connectivity index (χ2n) is 5.59. The minimum absolute atomic E-state index is 0.00461. The number of aliphatic hydroxyl groups excluding tert-OH is 1. The van der Waals surface area contributed by atoms with E-state index in [-0.39, 0.29) is 12.5 Å². The summed E-state index contributed by atoms with van der Waals surface area (Å²) in [5.41, 5.74) is 3.13. The van der Waals surface area contributed by atoms with E-state index in [9.17, 15) is 4.79 Å². The molecule has 4 nitrogen and oxygen atoms in total. The number of carbonyl (C=O) groups is 1. The van der Waals surface area contributed by atoms with Gasteiger partial charge in [0.15, 0.2) is 0 Å². The summed E-state index contributed by atoms with van der Waals surface area (Å²) < 4.78 is 0. The molecule has 0 saturated heterocycles. The molecule has 0 spiro atoms. The van der Waals surface area contributed by atoms with E-state index in [2.05, 4.69) is 10.6 Å². The van der Waals surface area contributed by atoms with Crippen LogP contribution in [0.3, 0.4) is 0 Å².